The van der Waals surface area contributed by atoms with E-state index in [9.17, 15) is 9.59 Å². The number of rotatable bonds is 2. The number of likely N-dealkylation sites (tertiary alicyclic amines) is 1. The molecule has 4 N–H and O–H groups in total. The molecular weight excluding hydrogens is 242 g/mol. The maximum absolute atomic E-state index is 12.8. The van der Waals surface area contributed by atoms with Crippen LogP contribution in [0.3, 0.4) is 0 Å². The fourth-order valence-corrected chi connectivity index (χ4v) is 3.41. The molecule has 2 rings (SSSR count). The van der Waals surface area contributed by atoms with Gasteiger partial charge in [0.05, 0.1) is 11.3 Å². The molecule has 0 aromatic carbocycles. The number of carbonyl (C=O) groups excluding carboxylic acids is 2. The van der Waals surface area contributed by atoms with Gasteiger partial charge in [-0.1, -0.05) is 6.42 Å². The van der Waals surface area contributed by atoms with Crippen LogP contribution in [0, 0.1) is 11.3 Å². The highest BCUT2D eigenvalue weighted by Gasteiger charge is 2.47. The van der Waals surface area contributed by atoms with E-state index in [0.29, 0.717) is 6.54 Å². The summed E-state index contributed by atoms with van der Waals surface area (Å²) in [4.78, 5) is 26.0. The van der Waals surface area contributed by atoms with E-state index in [1.165, 1.54) is 0 Å². The summed E-state index contributed by atoms with van der Waals surface area (Å²) >= 11 is 0. The van der Waals surface area contributed by atoms with Crippen molar-refractivity contribution in [2.75, 3.05) is 6.54 Å². The van der Waals surface area contributed by atoms with Crippen molar-refractivity contribution in [1.82, 2.24) is 4.90 Å². The Bertz CT molecular complexity index is 385. The SMILES string of the molecule is CC1CCC(C(N)=O)CN1C(=O)C1(C)CCCC1N. The van der Waals surface area contributed by atoms with Crippen molar-refractivity contribution in [2.45, 2.75) is 58.0 Å². The third kappa shape index (κ3) is 2.48. The molecule has 0 radical (unpaired) electrons. The van der Waals surface area contributed by atoms with Crippen LogP contribution in [0.25, 0.3) is 0 Å². The molecule has 4 unspecified atom stereocenters. The molecule has 1 aliphatic heterocycles. The number of hydrogen-bond donors (Lipinski definition) is 2. The highest BCUT2D eigenvalue weighted by Crippen LogP contribution is 2.40. The summed E-state index contributed by atoms with van der Waals surface area (Å²) in [6.45, 7) is 4.46. The van der Waals surface area contributed by atoms with Crippen molar-refractivity contribution in [1.29, 1.82) is 0 Å². The van der Waals surface area contributed by atoms with Gasteiger partial charge in [0.2, 0.25) is 11.8 Å². The van der Waals surface area contributed by atoms with Crippen molar-refractivity contribution >= 4 is 11.8 Å². The van der Waals surface area contributed by atoms with E-state index in [1.54, 1.807) is 0 Å². The lowest BCUT2D eigenvalue weighted by molar-refractivity contribution is -0.147. The maximum atomic E-state index is 12.8. The van der Waals surface area contributed by atoms with Gasteiger partial charge in [-0.25, -0.2) is 0 Å². The Morgan fingerprint density at radius 2 is 1.95 bits per heavy atom. The number of nitrogens with zero attached hydrogens (tertiary/aromatic N) is 1. The standard InChI is InChI=1S/C14H25N3O2/c1-9-5-6-10(12(16)18)8-17(9)13(19)14(2)7-3-4-11(14)15/h9-11H,3-8,15H2,1-2H3,(H2,16,18). The van der Waals surface area contributed by atoms with Crippen LogP contribution in [0.1, 0.15) is 46.0 Å². The third-order valence-electron chi connectivity index (χ3n) is 5.06. The third-order valence-corrected chi connectivity index (χ3v) is 5.06. The normalized spacial score (nSPS) is 39.3. The smallest absolute Gasteiger partial charge is 0.230 e. The van der Waals surface area contributed by atoms with Gasteiger partial charge >= 0.3 is 0 Å². The Morgan fingerprint density at radius 1 is 1.26 bits per heavy atom. The van der Waals surface area contributed by atoms with Crippen LogP contribution >= 0.6 is 0 Å². The number of amides is 2. The molecule has 1 saturated carbocycles. The molecule has 5 heteroatoms. The molecule has 2 amide bonds. The summed E-state index contributed by atoms with van der Waals surface area (Å²) in [6, 6.07) is 0.105. The van der Waals surface area contributed by atoms with Crippen LogP contribution in [0.5, 0.6) is 0 Å². The second kappa shape index (κ2) is 5.12. The Morgan fingerprint density at radius 3 is 2.47 bits per heavy atom. The Kier molecular flexibility index (Phi) is 3.85. The van der Waals surface area contributed by atoms with E-state index in [0.717, 1.165) is 32.1 Å². The zero-order valence-corrected chi connectivity index (χ0v) is 11.9. The summed E-state index contributed by atoms with van der Waals surface area (Å²) in [7, 11) is 0. The average Bonchev–Trinajstić information content (AvgIpc) is 2.70. The monoisotopic (exact) mass is 267 g/mol. The lowest BCUT2D eigenvalue weighted by atomic mass is 9.81. The molecule has 0 bridgehead atoms. The Labute approximate surface area is 114 Å². The minimum atomic E-state index is -0.464. The fourth-order valence-electron chi connectivity index (χ4n) is 3.41. The molecule has 1 heterocycles. The first kappa shape index (κ1) is 14.3. The van der Waals surface area contributed by atoms with Crippen molar-refractivity contribution in [3.05, 3.63) is 0 Å². The van der Waals surface area contributed by atoms with Crippen molar-refractivity contribution in [3.8, 4) is 0 Å². The quantitative estimate of drug-likeness (QED) is 0.768. The number of nitrogens with two attached hydrogens (primary N) is 2. The lowest BCUT2D eigenvalue weighted by Crippen LogP contribution is -2.56. The van der Waals surface area contributed by atoms with Gasteiger partial charge in [0, 0.05) is 18.6 Å². The van der Waals surface area contributed by atoms with Gasteiger partial charge in [-0.3, -0.25) is 9.59 Å². The largest absolute Gasteiger partial charge is 0.369 e. The number of primary amides is 1. The van der Waals surface area contributed by atoms with E-state index in [-0.39, 0.29) is 29.8 Å². The van der Waals surface area contributed by atoms with Gasteiger partial charge in [-0.2, -0.15) is 0 Å². The topological polar surface area (TPSA) is 89.4 Å². The highest BCUT2D eigenvalue weighted by atomic mass is 16.2. The van der Waals surface area contributed by atoms with Crippen molar-refractivity contribution in [3.63, 3.8) is 0 Å². The maximum Gasteiger partial charge on any atom is 0.230 e. The molecule has 2 fully saturated rings. The van der Waals surface area contributed by atoms with E-state index in [1.807, 2.05) is 18.7 Å². The Hall–Kier alpha value is -1.10. The zero-order chi connectivity index (χ0) is 14.2. The van der Waals surface area contributed by atoms with Crippen LogP contribution in [0.15, 0.2) is 0 Å². The molecule has 5 nitrogen and oxygen atoms in total. The second-order valence-electron chi connectivity index (χ2n) is 6.40. The zero-order valence-electron chi connectivity index (χ0n) is 11.9. The molecule has 0 spiro atoms. The molecule has 1 saturated heterocycles. The van der Waals surface area contributed by atoms with E-state index in [2.05, 4.69) is 0 Å². The van der Waals surface area contributed by atoms with E-state index < -0.39 is 5.41 Å². The van der Waals surface area contributed by atoms with E-state index in [4.69, 9.17) is 11.5 Å². The van der Waals surface area contributed by atoms with Crippen LogP contribution in [-0.2, 0) is 9.59 Å². The molecule has 2 aliphatic rings. The van der Waals surface area contributed by atoms with Crippen LogP contribution in [0.4, 0.5) is 0 Å². The molecule has 0 aromatic rings. The van der Waals surface area contributed by atoms with Gasteiger partial charge in [-0.15, -0.1) is 0 Å². The van der Waals surface area contributed by atoms with E-state index >= 15 is 0 Å². The van der Waals surface area contributed by atoms with Gasteiger partial charge in [0.15, 0.2) is 0 Å². The lowest BCUT2D eigenvalue weighted by Gasteiger charge is -2.42. The predicted octanol–water partition coefficient (Wildman–Crippen LogP) is 0.616. The summed E-state index contributed by atoms with van der Waals surface area (Å²) in [5, 5.41) is 0. The number of piperidine rings is 1. The second-order valence-corrected chi connectivity index (χ2v) is 6.40. The van der Waals surface area contributed by atoms with Gasteiger partial charge in [0.25, 0.3) is 0 Å². The summed E-state index contributed by atoms with van der Waals surface area (Å²) in [5.41, 5.74) is 11.0. The van der Waals surface area contributed by atoms with Crippen LogP contribution in [0.2, 0.25) is 0 Å². The van der Waals surface area contributed by atoms with Gasteiger partial charge in [0.1, 0.15) is 0 Å². The first-order chi connectivity index (χ1) is 8.86. The first-order valence-corrected chi connectivity index (χ1v) is 7.22. The molecule has 0 aromatic heterocycles. The molecular formula is C14H25N3O2. The van der Waals surface area contributed by atoms with Crippen LogP contribution < -0.4 is 11.5 Å². The minimum Gasteiger partial charge on any atom is -0.369 e. The van der Waals surface area contributed by atoms with Gasteiger partial charge in [-0.05, 0) is 39.5 Å². The molecule has 19 heavy (non-hydrogen) atoms. The van der Waals surface area contributed by atoms with Gasteiger partial charge < -0.3 is 16.4 Å². The van der Waals surface area contributed by atoms with Crippen molar-refractivity contribution < 1.29 is 9.59 Å². The summed E-state index contributed by atoms with van der Waals surface area (Å²) in [6.07, 6.45) is 4.37. The van der Waals surface area contributed by atoms with Crippen LogP contribution in [-0.4, -0.2) is 35.3 Å². The average molecular weight is 267 g/mol. The van der Waals surface area contributed by atoms with Crippen molar-refractivity contribution in [2.24, 2.45) is 22.8 Å². The molecule has 4 atom stereocenters. The summed E-state index contributed by atoms with van der Waals surface area (Å²) in [5.74, 6) is -0.400. The number of carbonyl (C=O) groups is 2. The fraction of sp³-hybridized carbons (Fsp3) is 0.857. The molecule has 108 valence electrons. The Balaban J connectivity index is 2.14. The first-order valence-electron chi connectivity index (χ1n) is 7.22. The predicted molar refractivity (Wildman–Crippen MR) is 73.0 cm³/mol. The number of hydrogen-bond acceptors (Lipinski definition) is 3. The minimum absolute atomic E-state index is 0.0684. The summed E-state index contributed by atoms with van der Waals surface area (Å²) < 4.78 is 0. The highest BCUT2D eigenvalue weighted by molar-refractivity contribution is 5.85. The molecule has 1 aliphatic carbocycles.